The van der Waals surface area contributed by atoms with Crippen molar-refractivity contribution in [2.45, 2.75) is 19.6 Å². The second kappa shape index (κ2) is 10.5. The summed E-state index contributed by atoms with van der Waals surface area (Å²) >= 11 is 6.03. The van der Waals surface area contributed by atoms with E-state index in [0.717, 1.165) is 28.2 Å². The summed E-state index contributed by atoms with van der Waals surface area (Å²) in [6, 6.07) is 25.4. The van der Waals surface area contributed by atoms with Crippen molar-refractivity contribution in [3.63, 3.8) is 0 Å². The fraction of sp³-hybridized carbons (Fsp3) is 0.185. The SMILES string of the molecule is C=CCOc1cccc([C@H]2N(Cc3ccccc3)CC(=O)N2/N=C(/C)c2ccc(Cl)cc2)c1. The first kappa shape index (κ1) is 22.8. The highest BCUT2D eigenvalue weighted by molar-refractivity contribution is 6.30. The van der Waals surface area contributed by atoms with Crippen LogP contribution < -0.4 is 4.74 Å². The van der Waals surface area contributed by atoms with E-state index in [1.165, 1.54) is 0 Å². The van der Waals surface area contributed by atoms with Crippen LogP contribution in [0.5, 0.6) is 5.75 Å². The Morgan fingerprint density at radius 2 is 1.88 bits per heavy atom. The highest BCUT2D eigenvalue weighted by Gasteiger charge is 2.39. The maximum Gasteiger partial charge on any atom is 0.258 e. The number of amides is 1. The molecular weight excluding hydrogens is 434 g/mol. The minimum absolute atomic E-state index is 0.0540. The number of hydrogen-bond acceptors (Lipinski definition) is 4. The number of rotatable bonds is 8. The molecule has 3 aromatic carbocycles. The molecule has 0 radical (unpaired) electrons. The van der Waals surface area contributed by atoms with E-state index in [1.807, 2.05) is 73.7 Å². The van der Waals surface area contributed by atoms with Gasteiger partial charge in [-0.1, -0.05) is 78.9 Å². The summed E-state index contributed by atoms with van der Waals surface area (Å²) in [5.41, 5.74) is 3.72. The van der Waals surface area contributed by atoms with Crippen molar-refractivity contribution >= 4 is 23.2 Å². The lowest BCUT2D eigenvalue weighted by atomic mass is 10.1. The average Bonchev–Trinajstić information content (AvgIpc) is 3.13. The van der Waals surface area contributed by atoms with Crippen LogP contribution in [-0.2, 0) is 11.3 Å². The molecule has 33 heavy (non-hydrogen) atoms. The van der Waals surface area contributed by atoms with Gasteiger partial charge in [-0.3, -0.25) is 9.69 Å². The Morgan fingerprint density at radius 1 is 1.12 bits per heavy atom. The van der Waals surface area contributed by atoms with Crippen LogP contribution in [0.15, 0.2) is 96.6 Å². The summed E-state index contributed by atoms with van der Waals surface area (Å²) in [5, 5.41) is 7.00. The van der Waals surface area contributed by atoms with Gasteiger partial charge in [0.2, 0.25) is 0 Å². The summed E-state index contributed by atoms with van der Waals surface area (Å²) < 4.78 is 5.74. The number of nitrogens with zero attached hydrogens (tertiary/aromatic N) is 3. The van der Waals surface area contributed by atoms with Gasteiger partial charge in [0.15, 0.2) is 0 Å². The van der Waals surface area contributed by atoms with E-state index in [9.17, 15) is 4.79 Å². The van der Waals surface area contributed by atoms with E-state index < -0.39 is 0 Å². The van der Waals surface area contributed by atoms with Gasteiger partial charge in [-0.2, -0.15) is 5.10 Å². The maximum absolute atomic E-state index is 13.1. The van der Waals surface area contributed by atoms with Crippen molar-refractivity contribution in [3.8, 4) is 5.75 Å². The first-order valence-corrected chi connectivity index (χ1v) is 11.2. The largest absolute Gasteiger partial charge is 0.490 e. The molecule has 1 heterocycles. The van der Waals surface area contributed by atoms with Crippen molar-refractivity contribution in [2.24, 2.45) is 5.10 Å². The van der Waals surface area contributed by atoms with E-state index in [1.54, 1.807) is 11.1 Å². The summed E-state index contributed by atoms with van der Waals surface area (Å²) in [6.07, 6.45) is 1.35. The van der Waals surface area contributed by atoms with Crippen LogP contribution in [-0.4, -0.2) is 34.7 Å². The quantitative estimate of drug-likeness (QED) is 0.322. The van der Waals surface area contributed by atoms with Gasteiger partial charge < -0.3 is 4.74 Å². The first-order chi connectivity index (χ1) is 16.0. The molecule has 1 atom stereocenters. The standard InChI is InChI=1S/C27H26ClN3O2/c1-3-16-33-25-11-7-10-23(17-25)27-30(18-21-8-5-4-6-9-21)19-26(32)31(27)29-20(2)22-12-14-24(28)15-13-22/h3-15,17,27H,1,16,18-19H2,2H3/b29-20-/t27-/m0/s1. The van der Waals surface area contributed by atoms with Gasteiger partial charge in [-0.05, 0) is 47.9 Å². The molecule has 6 heteroatoms. The number of hydrazone groups is 1. The van der Waals surface area contributed by atoms with E-state index in [4.69, 9.17) is 21.4 Å². The van der Waals surface area contributed by atoms with Gasteiger partial charge in [-0.15, -0.1) is 0 Å². The van der Waals surface area contributed by atoms with Gasteiger partial charge >= 0.3 is 0 Å². The van der Waals surface area contributed by atoms with E-state index >= 15 is 0 Å². The van der Waals surface area contributed by atoms with Gasteiger partial charge in [0.1, 0.15) is 18.5 Å². The van der Waals surface area contributed by atoms with Crippen molar-refractivity contribution in [1.82, 2.24) is 9.91 Å². The Labute approximate surface area is 199 Å². The van der Waals surface area contributed by atoms with Gasteiger partial charge in [0.25, 0.3) is 5.91 Å². The molecule has 1 saturated heterocycles. The number of carbonyl (C=O) groups excluding carboxylic acids is 1. The zero-order valence-electron chi connectivity index (χ0n) is 18.5. The van der Waals surface area contributed by atoms with Crippen LogP contribution in [0, 0.1) is 0 Å². The molecule has 0 aliphatic carbocycles. The van der Waals surface area contributed by atoms with Gasteiger partial charge in [0, 0.05) is 11.6 Å². The fourth-order valence-corrected chi connectivity index (χ4v) is 4.00. The van der Waals surface area contributed by atoms with Crippen LogP contribution in [0.2, 0.25) is 5.02 Å². The summed E-state index contributed by atoms with van der Waals surface area (Å²) in [4.78, 5) is 15.3. The van der Waals surface area contributed by atoms with Crippen LogP contribution in [0.4, 0.5) is 0 Å². The molecule has 1 aliphatic heterocycles. The van der Waals surface area contributed by atoms with Crippen molar-refractivity contribution in [3.05, 3.63) is 113 Å². The molecule has 4 rings (SSSR count). The van der Waals surface area contributed by atoms with Crippen molar-refractivity contribution in [1.29, 1.82) is 0 Å². The lowest BCUT2D eigenvalue weighted by Crippen LogP contribution is -2.29. The molecule has 0 N–H and O–H groups in total. The van der Waals surface area contributed by atoms with Gasteiger partial charge in [0.05, 0.1) is 12.3 Å². The molecule has 0 spiro atoms. The predicted octanol–water partition coefficient (Wildman–Crippen LogP) is 5.67. The monoisotopic (exact) mass is 459 g/mol. The van der Waals surface area contributed by atoms with E-state index in [0.29, 0.717) is 18.2 Å². The molecule has 3 aromatic rings. The van der Waals surface area contributed by atoms with Crippen LogP contribution >= 0.6 is 11.6 Å². The molecule has 0 unspecified atom stereocenters. The topological polar surface area (TPSA) is 45.1 Å². The highest BCUT2D eigenvalue weighted by Crippen LogP contribution is 2.34. The molecule has 0 saturated carbocycles. The normalized spacial score (nSPS) is 16.8. The van der Waals surface area contributed by atoms with Crippen LogP contribution in [0.25, 0.3) is 0 Å². The number of hydrogen-bond donors (Lipinski definition) is 0. The molecule has 1 amide bonds. The Bertz CT molecular complexity index is 1150. The average molecular weight is 460 g/mol. The third-order valence-electron chi connectivity index (χ3n) is 5.44. The molecule has 0 aromatic heterocycles. The molecule has 1 aliphatic rings. The second-order valence-corrected chi connectivity index (χ2v) is 8.30. The minimum Gasteiger partial charge on any atom is -0.490 e. The third-order valence-corrected chi connectivity index (χ3v) is 5.70. The first-order valence-electron chi connectivity index (χ1n) is 10.8. The molecule has 168 valence electrons. The second-order valence-electron chi connectivity index (χ2n) is 7.87. The van der Waals surface area contributed by atoms with Crippen molar-refractivity contribution < 1.29 is 9.53 Å². The Hall–Kier alpha value is -3.41. The molecule has 1 fully saturated rings. The third kappa shape index (κ3) is 5.51. The fourth-order valence-electron chi connectivity index (χ4n) is 3.88. The maximum atomic E-state index is 13.1. The highest BCUT2D eigenvalue weighted by atomic mass is 35.5. The molecule has 0 bridgehead atoms. The van der Waals surface area contributed by atoms with E-state index in [-0.39, 0.29) is 18.6 Å². The lowest BCUT2D eigenvalue weighted by molar-refractivity contribution is -0.128. The van der Waals surface area contributed by atoms with Crippen LogP contribution in [0.1, 0.15) is 29.8 Å². The number of benzene rings is 3. The number of carbonyl (C=O) groups is 1. The number of halogens is 1. The summed E-state index contributed by atoms with van der Waals surface area (Å²) in [5.74, 6) is 0.673. The zero-order valence-corrected chi connectivity index (χ0v) is 19.3. The predicted molar refractivity (Wildman–Crippen MR) is 132 cm³/mol. The van der Waals surface area contributed by atoms with E-state index in [2.05, 4.69) is 23.6 Å². The van der Waals surface area contributed by atoms with Gasteiger partial charge in [-0.25, -0.2) is 5.01 Å². The smallest absolute Gasteiger partial charge is 0.258 e. The Morgan fingerprint density at radius 3 is 2.61 bits per heavy atom. The van der Waals surface area contributed by atoms with Crippen LogP contribution in [0.3, 0.4) is 0 Å². The summed E-state index contributed by atoms with van der Waals surface area (Å²) in [6.45, 7) is 6.92. The molecular formula is C27H26ClN3O2. The Kier molecular flexibility index (Phi) is 7.23. The lowest BCUT2D eigenvalue weighted by Gasteiger charge is -2.28. The molecule has 5 nitrogen and oxygen atoms in total. The number of ether oxygens (including phenoxy) is 1. The summed E-state index contributed by atoms with van der Waals surface area (Å²) in [7, 11) is 0. The van der Waals surface area contributed by atoms with Crippen molar-refractivity contribution in [2.75, 3.05) is 13.2 Å². The Balaban J connectivity index is 1.70. The minimum atomic E-state index is -0.354. The zero-order chi connectivity index (χ0) is 23.2.